The fourth-order valence-electron chi connectivity index (χ4n) is 1.20. The maximum atomic E-state index is 9.32. The number of fused-ring (bicyclic) bond motifs is 1. The summed E-state index contributed by atoms with van der Waals surface area (Å²) in [5.41, 5.74) is 1.77. The quantitative estimate of drug-likeness (QED) is 0.595. The molecule has 0 atom stereocenters. The molecular weight excluding hydrogens is 140 g/mol. The van der Waals surface area contributed by atoms with Crippen LogP contribution >= 0.6 is 0 Å². The lowest BCUT2D eigenvalue weighted by atomic mass is 10.2. The molecule has 11 heavy (non-hydrogen) atoms. The monoisotopic (exact) mass is 148 g/mol. The van der Waals surface area contributed by atoms with Crippen LogP contribution in [0.4, 0.5) is 0 Å². The number of hydrogen-bond donors (Lipinski definition) is 2. The van der Waals surface area contributed by atoms with Gasteiger partial charge in [0, 0.05) is 12.4 Å². The largest absolute Gasteiger partial charge is 0.506 e. The van der Waals surface area contributed by atoms with Crippen LogP contribution < -0.4 is 0 Å². The van der Waals surface area contributed by atoms with E-state index in [0.717, 1.165) is 16.6 Å². The van der Waals surface area contributed by atoms with Gasteiger partial charge >= 0.3 is 0 Å². The lowest BCUT2D eigenvalue weighted by Gasteiger charge is -1.93. The molecule has 0 radical (unpaired) electrons. The van der Waals surface area contributed by atoms with Crippen LogP contribution in [0.25, 0.3) is 11.0 Å². The topological polar surface area (TPSA) is 48.9 Å². The van der Waals surface area contributed by atoms with Crippen LogP contribution in [-0.4, -0.2) is 15.1 Å². The molecule has 2 N–H and O–H groups in total. The lowest BCUT2D eigenvalue weighted by Crippen LogP contribution is -1.77. The van der Waals surface area contributed by atoms with Gasteiger partial charge in [0.05, 0.1) is 5.39 Å². The average molecular weight is 148 g/mol. The van der Waals surface area contributed by atoms with Gasteiger partial charge in [-0.25, -0.2) is 4.98 Å². The maximum absolute atomic E-state index is 9.32. The summed E-state index contributed by atoms with van der Waals surface area (Å²) in [5, 5.41) is 10.1. The molecule has 0 unspecified atom stereocenters. The van der Waals surface area contributed by atoms with E-state index < -0.39 is 0 Å². The Labute approximate surface area is 63.7 Å². The number of aromatic amines is 1. The second-order valence-electron chi connectivity index (χ2n) is 2.53. The Morgan fingerprint density at radius 3 is 3.09 bits per heavy atom. The molecule has 0 fully saturated rings. The van der Waals surface area contributed by atoms with E-state index in [0.29, 0.717) is 0 Å². The minimum atomic E-state index is 0.269. The molecule has 0 aliphatic heterocycles. The van der Waals surface area contributed by atoms with Crippen molar-refractivity contribution in [3.8, 4) is 5.75 Å². The van der Waals surface area contributed by atoms with Gasteiger partial charge in [0.2, 0.25) is 0 Å². The summed E-state index contributed by atoms with van der Waals surface area (Å²) >= 11 is 0. The van der Waals surface area contributed by atoms with Crippen molar-refractivity contribution in [1.82, 2.24) is 9.97 Å². The Morgan fingerprint density at radius 1 is 1.55 bits per heavy atom. The first-order valence-electron chi connectivity index (χ1n) is 3.40. The van der Waals surface area contributed by atoms with E-state index in [1.54, 1.807) is 12.4 Å². The van der Waals surface area contributed by atoms with Crippen molar-refractivity contribution in [2.24, 2.45) is 0 Å². The first kappa shape index (κ1) is 6.22. The molecule has 2 heterocycles. The number of aryl methyl sites for hydroxylation is 1. The summed E-state index contributed by atoms with van der Waals surface area (Å²) in [7, 11) is 0. The molecule has 3 nitrogen and oxygen atoms in total. The standard InChI is InChI=1S/C8H8N2O/c1-5-2-3-9-8-7(5)6(11)4-10-8/h2-4,11H,1H3,(H,9,10). The molecule has 56 valence electrons. The zero-order chi connectivity index (χ0) is 7.84. The third kappa shape index (κ3) is 0.774. The molecule has 0 bridgehead atoms. The molecule has 0 aliphatic rings. The van der Waals surface area contributed by atoms with Crippen molar-refractivity contribution in [2.45, 2.75) is 6.92 Å². The second kappa shape index (κ2) is 1.99. The maximum Gasteiger partial charge on any atom is 0.142 e. The van der Waals surface area contributed by atoms with Crippen molar-refractivity contribution >= 4 is 11.0 Å². The number of nitrogens with one attached hydrogen (secondary N) is 1. The normalized spacial score (nSPS) is 10.6. The number of hydrogen-bond acceptors (Lipinski definition) is 2. The van der Waals surface area contributed by atoms with Crippen LogP contribution in [0.15, 0.2) is 18.5 Å². The molecule has 0 spiro atoms. The Hall–Kier alpha value is -1.51. The van der Waals surface area contributed by atoms with Crippen LogP contribution in [0.5, 0.6) is 5.75 Å². The van der Waals surface area contributed by atoms with Gasteiger partial charge < -0.3 is 10.1 Å². The van der Waals surface area contributed by atoms with Crippen molar-refractivity contribution in [3.05, 3.63) is 24.0 Å². The van der Waals surface area contributed by atoms with Gasteiger partial charge in [-0.1, -0.05) is 0 Å². The summed E-state index contributed by atoms with van der Waals surface area (Å²) in [4.78, 5) is 6.91. The summed E-state index contributed by atoms with van der Waals surface area (Å²) in [6.07, 6.45) is 3.26. The third-order valence-corrected chi connectivity index (χ3v) is 1.76. The van der Waals surface area contributed by atoms with Crippen molar-refractivity contribution < 1.29 is 5.11 Å². The fraction of sp³-hybridized carbons (Fsp3) is 0.125. The molecule has 2 aromatic heterocycles. The number of aromatic nitrogens is 2. The Morgan fingerprint density at radius 2 is 2.36 bits per heavy atom. The second-order valence-corrected chi connectivity index (χ2v) is 2.53. The molecule has 0 saturated heterocycles. The molecule has 0 aromatic carbocycles. The molecular formula is C8H8N2O. The average Bonchev–Trinajstić information content (AvgIpc) is 2.34. The highest BCUT2D eigenvalue weighted by Crippen LogP contribution is 2.24. The Bertz CT molecular complexity index is 392. The van der Waals surface area contributed by atoms with Gasteiger partial charge in [0.15, 0.2) is 0 Å². The van der Waals surface area contributed by atoms with Crippen LogP contribution in [0.1, 0.15) is 5.56 Å². The predicted molar refractivity (Wildman–Crippen MR) is 42.5 cm³/mol. The highest BCUT2D eigenvalue weighted by Gasteiger charge is 2.03. The Kier molecular flexibility index (Phi) is 1.12. The van der Waals surface area contributed by atoms with E-state index in [1.807, 2.05) is 13.0 Å². The van der Waals surface area contributed by atoms with Crippen LogP contribution in [0.2, 0.25) is 0 Å². The zero-order valence-corrected chi connectivity index (χ0v) is 6.13. The van der Waals surface area contributed by atoms with Gasteiger partial charge in [0.1, 0.15) is 11.4 Å². The fourth-order valence-corrected chi connectivity index (χ4v) is 1.20. The molecule has 0 aliphatic carbocycles. The van der Waals surface area contributed by atoms with Gasteiger partial charge in [0.25, 0.3) is 0 Å². The van der Waals surface area contributed by atoms with E-state index in [9.17, 15) is 5.11 Å². The predicted octanol–water partition coefficient (Wildman–Crippen LogP) is 1.58. The molecule has 3 heteroatoms. The van der Waals surface area contributed by atoms with E-state index in [4.69, 9.17) is 0 Å². The first-order valence-corrected chi connectivity index (χ1v) is 3.40. The van der Waals surface area contributed by atoms with Crippen molar-refractivity contribution in [2.75, 3.05) is 0 Å². The summed E-state index contributed by atoms with van der Waals surface area (Å²) in [5.74, 6) is 0.269. The minimum Gasteiger partial charge on any atom is -0.506 e. The van der Waals surface area contributed by atoms with E-state index in [2.05, 4.69) is 9.97 Å². The molecule has 2 rings (SSSR count). The van der Waals surface area contributed by atoms with Gasteiger partial charge in [-0.15, -0.1) is 0 Å². The minimum absolute atomic E-state index is 0.269. The zero-order valence-electron chi connectivity index (χ0n) is 6.13. The van der Waals surface area contributed by atoms with Gasteiger partial charge in [-0.3, -0.25) is 0 Å². The molecule has 2 aromatic rings. The summed E-state index contributed by atoms with van der Waals surface area (Å²) < 4.78 is 0. The lowest BCUT2D eigenvalue weighted by molar-refractivity contribution is 0.481. The smallest absolute Gasteiger partial charge is 0.142 e. The summed E-state index contributed by atoms with van der Waals surface area (Å²) in [6, 6.07) is 1.87. The van der Waals surface area contributed by atoms with Crippen LogP contribution in [0, 0.1) is 6.92 Å². The van der Waals surface area contributed by atoms with Crippen molar-refractivity contribution in [1.29, 1.82) is 0 Å². The highest BCUT2D eigenvalue weighted by molar-refractivity contribution is 5.85. The van der Waals surface area contributed by atoms with E-state index >= 15 is 0 Å². The third-order valence-electron chi connectivity index (χ3n) is 1.76. The summed E-state index contributed by atoms with van der Waals surface area (Å²) in [6.45, 7) is 1.94. The van der Waals surface area contributed by atoms with Crippen LogP contribution in [0.3, 0.4) is 0 Å². The molecule has 0 saturated carbocycles. The highest BCUT2D eigenvalue weighted by atomic mass is 16.3. The SMILES string of the molecule is Cc1ccnc2[nH]cc(O)c12. The van der Waals surface area contributed by atoms with E-state index in [1.165, 1.54) is 0 Å². The first-order chi connectivity index (χ1) is 5.29. The van der Waals surface area contributed by atoms with Crippen LogP contribution in [-0.2, 0) is 0 Å². The van der Waals surface area contributed by atoms with E-state index in [-0.39, 0.29) is 5.75 Å². The van der Waals surface area contributed by atoms with Gasteiger partial charge in [-0.2, -0.15) is 0 Å². The van der Waals surface area contributed by atoms with Gasteiger partial charge in [-0.05, 0) is 18.6 Å². The Balaban J connectivity index is 2.96. The number of H-pyrrole nitrogens is 1. The number of pyridine rings is 1. The van der Waals surface area contributed by atoms with Crippen molar-refractivity contribution in [3.63, 3.8) is 0 Å². The number of rotatable bonds is 0. The number of aromatic hydroxyl groups is 1. The molecule has 0 amide bonds. The number of nitrogens with zero attached hydrogens (tertiary/aromatic N) is 1.